The molecule has 4 aliphatic heterocycles. The summed E-state index contributed by atoms with van der Waals surface area (Å²) in [5, 5.41) is 1.59. The molecule has 10 rings (SSSR count). The number of morpholine rings is 4. The molecule has 16 nitrogen and oxygen atoms in total. The molecule has 4 aromatic heterocycles. The van der Waals surface area contributed by atoms with Gasteiger partial charge in [0, 0.05) is 89.0 Å². The van der Waals surface area contributed by atoms with E-state index in [0.29, 0.717) is 106 Å². The molecule has 0 unspecified atom stereocenters. The molecule has 4 fully saturated rings. The van der Waals surface area contributed by atoms with E-state index in [1.165, 1.54) is 23.4 Å². The smallest absolute Gasteiger partial charge is 0.416 e. The lowest BCUT2D eigenvalue weighted by atomic mass is 10.0. The molecule has 8 heterocycles. The Hall–Kier alpha value is -5.83. The van der Waals surface area contributed by atoms with Crippen LogP contribution in [0.25, 0.3) is 44.3 Å². The van der Waals surface area contributed by atoms with Gasteiger partial charge in [0.15, 0.2) is 11.3 Å². The fourth-order valence-corrected chi connectivity index (χ4v) is 8.41. The van der Waals surface area contributed by atoms with Crippen molar-refractivity contribution >= 4 is 33.7 Å². The van der Waals surface area contributed by atoms with Crippen molar-refractivity contribution in [3.63, 3.8) is 0 Å². The van der Waals surface area contributed by atoms with Crippen LogP contribution in [0.5, 0.6) is 12.0 Å². The number of fused-ring (bicyclic) bond motifs is 2. The van der Waals surface area contributed by atoms with Crippen molar-refractivity contribution in [2.75, 3.05) is 141 Å². The van der Waals surface area contributed by atoms with E-state index < -0.39 is 11.7 Å². The summed E-state index contributed by atoms with van der Waals surface area (Å²) in [4.78, 5) is 36.7. The number of alkyl halides is 3. The minimum absolute atomic E-state index is 0.228. The number of rotatable bonds is 12. The Morgan fingerprint density at radius 3 is 1.43 bits per heavy atom. The minimum atomic E-state index is -4.42. The van der Waals surface area contributed by atoms with E-state index in [2.05, 4.69) is 77.6 Å². The number of aromatic nitrogens is 6. The van der Waals surface area contributed by atoms with E-state index in [4.69, 9.17) is 38.4 Å². The Morgan fingerprint density at radius 2 is 0.971 bits per heavy atom. The van der Waals surface area contributed by atoms with Gasteiger partial charge in [0.25, 0.3) is 0 Å². The highest BCUT2D eigenvalue weighted by Gasteiger charge is 2.31. The monoisotopic (exact) mass is 938 g/mol. The zero-order valence-corrected chi connectivity index (χ0v) is 38.5. The highest BCUT2D eigenvalue weighted by atomic mass is 19.4. The molecule has 0 radical (unpaired) electrons. The Balaban J connectivity index is 0.000000170. The van der Waals surface area contributed by atoms with Crippen LogP contribution in [0.1, 0.15) is 16.7 Å². The number of anilines is 2. The van der Waals surface area contributed by atoms with Crippen molar-refractivity contribution in [3.8, 4) is 34.3 Å². The van der Waals surface area contributed by atoms with Gasteiger partial charge in [0.05, 0.1) is 69.2 Å². The second kappa shape index (κ2) is 22.1. The maximum atomic E-state index is 13.2. The van der Waals surface area contributed by atoms with Crippen LogP contribution in [0.4, 0.5) is 24.8 Å². The molecular formula is C49H57F3N10O6. The predicted octanol–water partition coefficient (Wildman–Crippen LogP) is 6.11. The molecule has 4 aliphatic rings. The van der Waals surface area contributed by atoms with Gasteiger partial charge < -0.3 is 38.2 Å². The molecule has 0 N–H and O–H groups in total. The largest absolute Gasteiger partial charge is 0.462 e. The van der Waals surface area contributed by atoms with Crippen LogP contribution in [-0.4, -0.2) is 171 Å². The zero-order chi connectivity index (χ0) is 46.9. The van der Waals surface area contributed by atoms with Gasteiger partial charge in [-0.1, -0.05) is 30.3 Å². The SMILES string of the molecule is Cc1ccc(-c2cnc3nc(OCCN4CCOCC4)nc(N4CCOCC4)c3c2)cc1C.FC(F)(F)c1cccc(-c2cnc3nc(OCCN4CCOCC4)nc(N4CCOCC4)c3c2)c1. The van der Waals surface area contributed by atoms with Gasteiger partial charge in [0.1, 0.15) is 24.8 Å². The number of ether oxygens (including phenoxy) is 6. The minimum Gasteiger partial charge on any atom is -0.462 e. The van der Waals surface area contributed by atoms with Crippen molar-refractivity contribution in [1.29, 1.82) is 0 Å². The first-order valence-corrected chi connectivity index (χ1v) is 23.3. The maximum Gasteiger partial charge on any atom is 0.416 e. The summed E-state index contributed by atoms with van der Waals surface area (Å²) in [5.74, 6) is 1.50. The van der Waals surface area contributed by atoms with Gasteiger partial charge in [-0.25, -0.2) is 9.97 Å². The number of pyridine rings is 2. The Labute approximate surface area is 393 Å². The van der Waals surface area contributed by atoms with Gasteiger partial charge >= 0.3 is 18.2 Å². The molecule has 360 valence electrons. The first-order chi connectivity index (χ1) is 33.1. The number of benzene rings is 2. The van der Waals surface area contributed by atoms with Crippen molar-refractivity contribution in [2.24, 2.45) is 0 Å². The summed E-state index contributed by atoms with van der Waals surface area (Å²) >= 11 is 0. The van der Waals surface area contributed by atoms with E-state index in [1.807, 2.05) is 6.20 Å². The number of nitrogens with zero attached hydrogens (tertiary/aromatic N) is 10. The molecule has 0 saturated carbocycles. The van der Waals surface area contributed by atoms with E-state index in [0.717, 1.165) is 100 Å². The molecule has 0 atom stereocenters. The lowest BCUT2D eigenvalue weighted by Gasteiger charge is -2.29. The van der Waals surface area contributed by atoms with E-state index in [9.17, 15) is 13.2 Å². The van der Waals surface area contributed by atoms with Crippen molar-refractivity contribution in [2.45, 2.75) is 20.0 Å². The normalized spacial score (nSPS) is 17.5. The van der Waals surface area contributed by atoms with Gasteiger partial charge in [-0.05, 0) is 60.4 Å². The van der Waals surface area contributed by atoms with E-state index in [1.54, 1.807) is 12.1 Å². The zero-order valence-electron chi connectivity index (χ0n) is 38.5. The van der Waals surface area contributed by atoms with Crippen LogP contribution in [0.15, 0.2) is 67.0 Å². The van der Waals surface area contributed by atoms with E-state index in [-0.39, 0.29) is 6.01 Å². The highest BCUT2D eigenvalue weighted by Crippen LogP contribution is 2.35. The molecule has 0 spiro atoms. The van der Waals surface area contributed by atoms with E-state index >= 15 is 0 Å². The van der Waals surface area contributed by atoms with Gasteiger partial charge in [-0.3, -0.25) is 9.80 Å². The third-order valence-corrected chi connectivity index (χ3v) is 12.5. The Kier molecular flexibility index (Phi) is 15.3. The summed E-state index contributed by atoms with van der Waals surface area (Å²) in [6.07, 6.45) is -0.999. The lowest BCUT2D eigenvalue weighted by molar-refractivity contribution is -0.137. The standard InChI is InChI=1S/C25H31N5O3.C24H26F3N5O3/c1-18-3-4-20(15-19(18)2)21-16-22-23(26-17-21)27-25(28-24(22)30-8-12-32-13-9-30)33-14-7-29-5-10-31-11-6-29;25-24(26,27)19-3-1-2-17(14-19)18-15-20-21(28-16-18)29-23(30-22(20)32-7-11-34-12-8-32)35-13-6-31-4-9-33-10-5-31/h3-4,15-17H,5-14H2,1-2H3;1-3,14-16H,4-13H2. The average Bonchev–Trinajstić information content (AvgIpc) is 3.37. The Morgan fingerprint density at radius 1 is 0.515 bits per heavy atom. The van der Waals surface area contributed by atoms with Crippen molar-refractivity contribution < 1.29 is 41.6 Å². The highest BCUT2D eigenvalue weighted by molar-refractivity contribution is 5.92. The summed E-state index contributed by atoms with van der Waals surface area (Å²) in [6, 6.07) is 16.3. The number of halogens is 3. The molecule has 4 saturated heterocycles. The average molecular weight is 939 g/mol. The second-order valence-corrected chi connectivity index (χ2v) is 17.0. The molecule has 0 aliphatic carbocycles. The molecule has 68 heavy (non-hydrogen) atoms. The van der Waals surface area contributed by atoms with Crippen LogP contribution in [0.2, 0.25) is 0 Å². The summed E-state index contributed by atoms with van der Waals surface area (Å²) in [7, 11) is 0. The van der Waals surface area contributed by atoms with Crippen LogP contribution in [0, 0.1) is 13.8 Å². The van der Waals surface area contributed by atoms with Gasteiger partial charge in [0.2, 0.25) is 0 Å². The fourth-order valence-electron chi connectivity index (χ4n) is 8.41. The molecule has 6 aromatic rings. The lowest BCUT2D eigenvalue weighted by Crippen LogP contribution is -2.39. The number of aryl methyl sites for hydroxylation is 2. The number of hydrogen-bond acceptors (Lipinski definition) is 16. The number of hydrogen-bond donors (Lipinski definition) is 0. The second-order valence-electron chi connectivity index (χ2n) is 17.0. The summed E-state index contributed by atoms with van der Waals surface area (Å²) in [6.45, 7) is 18.7. The first kappa shape index (κ1) is 47.2. The van der Waals surface area contributed by atoms with Crippen LogP contribution < -0.4 is 19.3 Å². The summed E-state index contributed by atoms with van der Waals surface area (Å²) in [5.41, 5.74) is 6.11. The molecule has 2 aromatic carbocycles. The van der Waals surface area contributed by atoms with Crippen LogP contribution in [-0.2, 0) is 25.1 Å². The fraction of sp³-hybridized carbons (Fsp3) is 0.469. The Bertz CT molecular complexity index is 2640. The third-order valence-electron chi connectivity index (χ3n) is 12.5. The van der Waals surface area contributed by atoms with Crippen molar-refractivity contribution in [3.05, 3.63) is 83.7 Å². The first-order valence-electron chi connectivity index (χ1n) is 23.3. The van der Waals surface area contributed by atoms with Crippen LogP contribution >= 0.6 is 0 Å². The van der Waals surface area contributed by atoms with Gasteiger partial charge in [-0.2, -0.15) is 33.1 Å². The molecule has 19 heteroatoms. The third kappa shape index (κ3) is 11.9. The summed E-state index contributed by atoms with van der Waals surface area (Å²) < 4.78 is 73.4. The molecular weight excluding hydrogens is 882 g/mol. The quantitative estimate of drug-likeness (QED) is 0.139. The van der Waals surface area contributed by atoms with Gasteiger partial charge in [-0.15, -0.1) is 0 Å². The predicted molar refractivity (Wildman–Crippen MR) is 252 cm³/mol. The molecule has 0 amide bonds. The maximum absolute atomic E-state index is 13.2. The van der Waals surface area contributed by atoms with Crippen molar-refractivity contribution in [1.82, 2.24) is 39.7 Å². The van der Waals surface area contributed by atoms with Crippen LogP contribution in [0.3, 0.4) is 0 Å². The molecule has 0 bridgehead atoms. The topological polar surface area (TPSA) is 146 Å².